The van der Waals surface area contributed by atoms with E-state index in [-0.39, 0.29) is 5.91 Å². The number of hydrogen-bond acceptors (Lipinski definition) is 6. The molecule has 0 aliphatic rings. The van der Waals surface area contributed by atoms with Crippen LogP contribution in [0.3, 0.4) is 0 Å². The fraction of sp³-hybridized carbons (Fsp3) is 0.136. The maximum Gasteiger partial charge on any atom is 0.337 e. The summed E-state index contributed by atoms with van der Waals surface area (Å²) in [5.41, 5.74) is 2.35. The molecule has 0 fully saturated rings. The van der Waals surface area contributed by atoms with E-state index in [2.05, 4.69) is 20.4 Å². The Bertz CT molecular complexity index is 986. The van der Waals surface area contributed by atoms with Crippen LogP contribution in [0.1, 0.15) is 26.3 Å². The number of nitrogens with one attached hydrogen (secondary N) is 2. The molecule has 0 atom stereocenters. The zero-order chi connectivity index (χ0) is 20.6. The molecular formula is C22H21N3O4. The van der Waals surface area contributed by atoms with Crippen molar-refractivity contribution >= 4 is 23.4 Å². The van der Waals surface area contributed by atoms with E-state index in [1.54, 1.807) is 43.5 Å². The van der Waals surface area contributed by atoms with Crippen LogP contribution in [-0.2, 0) is 11.3 Å². The van der Waals surface area contributed by atoms with Gasteiger partial charge in [0.2, 0.25) is 0 Å². The van der Waals surface area contributed by atoms with Crippen molar-refractivity contribution in [1.82, 2.24) is 4.98 Å². The minimum absolute atomic E-state index is 0.318. The highest BCUT2D eigenvalue weighted by Gasteiger charge is 2.10. The molecule has 0 saturated heterocycles. The largest absolute Gasteiger partial charge is 0.497 e. The van der Waals surface area contributed by atoms with E-state index in [1.165, 1.54) is 13.3 Å². The van der Waals surface area contributed by atoms with Gasteiger partial charge in [0, 0.05) is 18.4 Å². The summed E-state index contributed by atoms with van der Waals surface area (Å²) in [7, 11) is 2.94. The van der Waals surface area contributed by atoms with Crippen LogP contribution in [0.5, 0.6) is 5.75 Å². The zero-order valence-corrected chi connectivity index (χ0v) is 16.1. The van der Waals surface area contributed by atoms with Gasteiger partial charge in [0.05, 0.1) is 25.3 Å². The van der Waals surface area contributed by atoms with Crippen LogP contribution in [0.15, 0.2) is 66.9 Å². The lowest BCUT2D eigenvalue weighted by Crippen LogP contribution is -2.13. The Hall–Kier alpha value is -3.87. The summed E-state index contributed by atoms with van der Waals surface area (Å²) in [6.07, 6.45) is 1.50. The Balaban J connectivity index is 1.59. The van der Waals surface area contributed by atoms with Crippen molar-refractivity contribution in [3.8, 4) is 5.75 Å². The summed E-state index contributed by atoms with van der Waals surface area (Å²) in [5.74, 6) is 0.681. The predicted octanol–water partition coefficient (Wildman–Crippen LogP) is 3.74. The van der Waals surface area contributed by atoms with Gasteiger partial charge in [-0.15, -0.1) is 0 Å². The molecule has 1 aromatic heterocycles. The Kier molecular flexibility index (Phi) is 6.42. The molecule has 2 aromatic carbocycles. The number of ether oxygens (including phenoxy) is 2. The highest BCUT2D eigenvalue weighted by Crippen LogP contribution is 2.15. The second-order valence-electron chi connectivity index (χ2n) is 6.16. The van der Waals surface area contributed by atoms with Crippen LogP contribution in [-0.4, -0.2) is 31.1 Å². The number of hydrogen-bond donors (Lipinski definition) is 2. The molecule has 1 heterocycles. The van der Waals surface area contributed by atoms with Crippen molar-refractivity contribution in [3.63, 3.8) is 0 Å². The van der Waals surface area contributed by atoms with Gasteiger partial charge in [-0.05, 0) is 48.0 Å². The summed E-state index contributed by atoms with van der Waals surface area (Å²) < 4.78 is 9.83. The molecule has 7 heteroatoms. The third kappa shape index (κ3) is 5.32. The van der Waals surface area contributed by atoms with Crippen LogP contribution in [0, 0.1) is 0 Å². The van der Waals surface area contributed by atoms with Crippen LogP contribution >= 0.6 is 0 Å². The first kappa shape index (κ1) is 19.9. The third-order valence-electron chi connectivity index (χ3n) is 4.20. The van der Waals surface area contributed by atoms with Crippen molar-refractivity contribution in [2.75, 3.05) is 24.9 Å². The number of benzene rings is 2. The number of carbonyl (C=O) groups excluding carboxylic acids is 2. The highest BCUT2D eigenvalue weighted by molar-refractivity contribution is 6.04. The fourth-order valence-corrected chi connectivity index (χ4v) is 2.61. The van der Waals surface area contributed by atoms with Crippen LogP contribution in [0.4, 0.5) is 11.5 Å². The molecule has 0 unspecified atom stereocenters. The van der Waals surface area contributed by atoms with Gasteiger partial charge in [-0.25, -0.2) is 9.78 Å². The van der Waals surface area contributed by atoms with Gasteiger partial charge >= 0.3 is 5.97 Å². The predicted molar refractivity (Wildman–Crippen MR) is 110 cm³/mol. The standard InChI is InChI=1S/C22H21N3O4/c1-28-19-9-6-15(7-10-19)13-23-20-11-8-17(14-24-20)21(26)25-18-5-3-4-16(12-18)22(27)29-2/h3-12,14H,13H2,1-2H3,(H,23,24)(H,25,26). The van der Waals surface area contributed by atoms with Crippen LogP contribution in [0.25, 0.3) is 0 Å². The molecule has 2 N–H and O–H groups in total. The minimum Gasteiger partial charge on any atom is -0.497 e. The summed E-state index contributed by atoms with van der Waals surface area (Å²) in [6, 6.07) is 17.7. The van der Waals surface area contributed by atoms with E-state index < -0.39 is 5.97 Å². The van der Waals surface area contributed by atoms with Gasteiger partial charge in [-0.2, -0.15) is 0 Å². The number of nitrogens with zero attached hydrogens (tertiary/aromatic N) is 1. The van der Waals surface area contributed by atoms with Gasteiger partial charge in [0.1, 0.15) is 11.6 Å². The Morgan fingerprint density at radius 2 is 1.76 bits per heavy atom. The van der Waals surface area contributed by atoms with Crippen molar-refractivity contribution in [2.45, 2.75) is 6.54 Å². The summed E-state index contributed by atoms with van der Waals surface area (Å²) in [4.78, 5) is 28.3. The molecule has 7 nitrogen and oxygen atoms in total. The molecule has 0 spiro atoms. The molecule has 3 aromatic rings. The summed E-state index contributed by atoms with van der Waals surface area (Å²) in [6.45, 7) is 0.600. The maximum atomic E-state index is 12.4. The number of carbonyl (C=O) groups is 2. The number of methoxy groups -OCH3 is 2. The number of anilines is 2. The van der Waals surface area contributed by atoms with E-state index in [1.807, 2.05) is 24.3 Å². The number of pyridine rings is 1. The first-order valence-electron chi connectivity index (χ1n) is 8.91. The molecule has 0 radical (unpaired) electrons. The van der Waals surface area contributed by atoms with E-state index in [0.29, 0.717) is 29.2 Å². The topological polar surface area (TPSA) is 89.5 Å². The Morgan fingerprint density at radius 1 is 0.966 bits per heavy atom. The molecular weight excluding hydrogens is 370 g/mol. The van der Waals surface area contributed by atoms with E-state index in [0.717, 1.165) is 11.3 Å². The first-order valence-corrected chi connectivity index (χ1v) is 8.91. The average Bonchev–Trinajstić information content (AvgIpc) is 2.78. The van der Waals surface area contributed by atoms with Crippen molar-refractivity contribution in [2.24, 2.45) is 0 Å². The smallest absolute Gasteiger partial charge is 0.337 e. The van der Waals surface area contributed by atoms with Gasteiger partial charge in [0.25, 0.3) is 5.91 Å². The van der Waals surface area contributed by atoms with Gasteiger partial charge < -0.3 is 20.1 Å². The number of esters is 1. The lowest BCUT2D eigenvalue weighted by atomic mass is 10.2. The molecule has 0 saturated carbocycles. The third-order valence-corrected chi connectivity index (χ3v) is 4.20. The normalized spacial score (nSPS) is 10.1. The quantitative estimate of drug-likeness (QED) is 0.597. The van der Waals surface area contributed by atoms with E-state index in [9.17, 15) is 9.59 Å². The lowest BCUT2D eigenvalue weighted by molar-refractivity contribution is 0.0600. The molecule has 0 aliphatic carbocycles. The molecule has 29 heavy (non-hydrogen) atoms. The second-order valence-corrected chi connectivity index (χ2v) is 6.16. The van der Waals surface area contributed by atoms with Crippen LogP contribution in [0.2, 0.25) is 0 Å². The zero-order valence-electron chi connectivity index (χ0n) is 16.1. The molecule has 148 valence electrons. The fourth-order valence-electron chi connectivity index (χ4n) is 2.61. The average molecular weight is 391 g/mol. The molecule has 0 bridgehead atoms. The summed E-state index contributed by atoms with van der Waals surface area (Å²) in [5, 5.41) is 5.95. The Morgan fingerprint density at radius 3 is 2.41 bits per heavy atom. The minimum atomic E-state index is -0.463. The van der Waals surface area contributed by atoms with Gasteiger partial charge in [0.15, 0.2) is 0 Å². The monoisotopic (exact) mass is 391 g/mol. The Labute approximate surface area is 168 Å². The maximum absolute atomic E-state index is 12.4. The van der Waals surface area contributed by atoms with Crippen molar-refractivity contribution in [3.05, 3.63) is 83.6 Å². The van der Waals surface area contributed by atoms with Crippen molar-refractivity contribution in [1.29, 1.82) is 0 Å². The van der Waals surface area contributed by atoms with Crippen molar-refractivity contribution < 1.29 is 19.1 Å². The SMILES string of the molecule is COC(=O)c1cccc(NC(=O)c2ccc(NCc3ccc(OC)cc3)nc2)c1. The van der Waals surface area contributed by atoms with Gasteiger partial charge in [-0.3, -0.25) is 4.79 Å². The second kappa shape index (κ2) is 9.36. The van der Waals surface area contributed by atoms with Crippen LogP contribution < -0.4 is 15.4 Å². The molecule has 1 amide bonds. The summed E-state index contributed by atoms with van der Waals surface area (Å²) >= 11 is 0. The first-order chi connectivity index (χ1) is 14.1. The van der Waals surface area contributed by atoms with Gasteiger partial charge in [-0.1, -0.05) is 18.2 Å². The molecule has 3 rings (SSSR count). The molecule has 0 aliphatic heterocycles. The number of amides is 1. The van der Waals surface area contributed by atoms with E-state index >= 15 is 0 Å². The number of aromatic nitrogens is 1. The van der Waals surface area contributed by atoms with E-state index in [4.69, 9.17) is 4.74 Å². The lowest BCUT2D eigenvalue weighted by Gasteiger charge is -2.09. The number of rotatable bonds is 7. The highest BCUT2D eigenvalue weighted by atomic mass is 16.5.